The van der Waals surface area contributed by atoms with Gasteiger partial charge in [0, 0.05) is 6.42 Å². The van der Waals surface area contributed by atoms with Crippen LogP contribution in [0.2, 0.25) is 0 Å². The Morgan fingerprint density at radius 3 is 1.89 bits per heavy atom. The number of unbranched alkanes of at least 4 members (excludes halogenated alkanes) is 8. The predicted octanol–water partition coefficient (Wildman–Crippen LogP) is 5.03. The normalized spacial score (nSPS) is 12.1. The molecule has 0 aliphatic heterocycles. The first kappa shape index (κ1) is 17.2. The molecule has 0 saturated heterocycles. The molecule has 0 saturated carbocycles. The van der Waals surface area contributed by atoms with Crippen molar-refractivity contribution in [1.82, 2.24) is 0 Å². The summed E-state index contributed by atoms with van der Waals surface area (Å²) in [5.74, 6) is -0.220. The van der Waals surface area contributed by atoms with Crippen molar-refractivity contribution in [2.24, 2.45) is 5.92 Å². The Hall–Kier alpha value is -0.840. The van der Waals surface area contributed by atoms with E-state index in [0.29, 0.717) is 12.8 Å². The summed E-state index contributed by atoms with van der Waals surface area (Å²) in [5.41, 5.74) is 0. The van der Waals surface area contributed by atoms with Gasteiger partial charge in [0.1, 0.15) is 11.7 Å². The van der Waals surface area contributed by atoms with Gasteiger partial charge in [-0.05, 0) is 12.8 Å². The smallest absolute Gasteiger partial charge is 0.149 e. The van der Waals surface area contributed by atoms with Crippen LogP contribution in [0.25, 0.3) is 0 Å². The number of carbonyl (C=O) groups excluding carboxylic acids is 1. The number of nitrogens with zero attached hydrogens (tertiary/aromatic N) is 1. The van der Waals surface area contributed by atoms with E-state index < -0.39 is 0 Å². The molecule has 18 heavy (non-hydrogen) atoms. The highest BCUT2D eigenvalue weighted by Crippen LogP contribution is 2.13. The minimum absolute atomic E-state index is 0.142. The van der Waals surface area contributed by atoms with Gasteiger partial charge in [-0.25, -0.2) is 0 Å². The lowest BCUT2D eigenvalue weighted by atomic mass is 9.97. The molecule has 0 heterocycles. The zero-order valence-electron chi connectivity index (χ0n) is 12.2. The molecule has 2 nitrogen and oxygen atoms in total. The lowest BCUT2D eigenvalue weighted by molar-refractivity contribution is -0.121. The van der Waals surface area contributed by atoms with Crippen molar-refractivity contribution >= 4 is 5.78 Å². The largest absolute Gasteiger partial charge is 0.298 e. The van der Waals surface area contributed by atoms with E-state index >= 15 is 0 Å². The summed E-state index contributed by atoms with van der Waals surface area (Å²) in [4.78, 5) is 11.6. The first-order valence-electron chi connectivity index (χ1n) is 7.68. The van der Waals surface area contributed by atoms with Gasteiger partial charge in [-0.1, -0.05) is 65.2 Å². The van der Waals surface area contributed by atoms with Crippen LogP contribution < -0.4 is 0 Å². The summed E-state index contributed by atoms with van der Waals surface area (Å²) < 4.78 is 0. The first-order chi connectivity index (χ1) is 8.76. The third-order valence-electron chi connectivity index (χ3n) is 3.48. The van der Waals surface area contributed by atoms with E-state index in [-0.39, 0.29) is 11.7 Å². The van der Waals surface area contributed by atoms with Crippen LogP contribution >= 0.6 is 0 Å². The van der Waals surface area contributed by atoms with Crippen molar-refractivity contribution in [3.63, 3.8) is 0 Å². The van der Waals surface area contributed by atoms with Gasteiger partial charge in [0.15, 0.2) is 0 Å². The van der Waals surface area contributed by atoms with E-state index in [2.05, 4.69) is 13.0 Å². The maximum Gasteiger partial charge on any atom is 0.149 e. The van der Waals surface area contributed by atoms with E-state index in [1.807, 2.05) is 6.92 Å². The average Bonchev–Trinajstić information content (AvgIpc) is 2.38. The van der Waals surface area contributed by atoms with Crippen LogP contribution in [0.15, 0.2) is 0 Å². The Bertz CT molecular complexity index is 242. The maximum absolute atomic E-state index is 11.6. The molecule has 0 spiro atoms. The molecular formula is C16H29NO. The molecule has 0 rings (SSSR count). The zero-order chi connectivity index (χ0) is 13.6. The van der Waals surface area contributed by atoms with Crippen molar-refractivity contribution in [1.29, 1.82) is 5.26 Å². The molecule has 0 aromatic rings. The van der Waals surface area contributed by atoms with E-state index in [0.717, 1.165) is 12.8 Å². The van der Waals surface area contributed by atoms with E-state index in [1.165, 1.54) is 44.9 Å². The summed E-state index contributed by atoms with van der Waals surface area (Å²) in [6.45, 7) is 4.14. The molecule has 0 N–H and O–H groups in total. The summed E-state index contributed by atoms with van der Waals surface area (Å²) >= 11 is 0. The second kappa shape index (κ2) is 12.6. The van der Waals surface area contributed by atoms with Gasteiger partial charge in [0.2, 0.25) is 0 Å². The summed E-state index contributed by atoms with van der Waals surface area (Å²) in [6, 6.07) is 2.08. The fourth-order valence-electron chi connectivity index (χ4n) is 2.18. The second-order valence-corrected chi connectivity index (χ2v) is 5.13. The second-order valence-electron chi connectivity index (χ2n) is 5.13. The third kappa shape index (κ3) is 9.22. The highest BCUT2D eigenvalue weighted by molar-refractivity contribution is 5.83. The molecule has 0 bridgehead atoms. The Kier molecular flexibility index (Phi) is 12.0. The van der Waals surface area contributed by atoms with Crippen LogP contribution in [0.1, 0.15) is 84.5 Å². The fraction of sp³-hybridized carbons (Fsp3) is 0.875. The van der Waals surface area contributed by atoms with Gasteiger partial charge in [0.05, 0.1) is 6.07 Å². The molecule has 0 aromatic carbocycles. The lowest BCUT2D eigenvalue weighted by Crippen LogP contribution is -2.10. The Labute approximate surface area is 113 Å². The van der Waals surface area contributed by atoms with Gasteiger partial charge < -0.3 is 0 Å². The molecule has 0 aromatic heterocycles. The van der Waals surface area contributed by atoms with E-state index in [1.54, 1.807) is 0 Å². The molecule has 104 valence electrons. The number of nitriles is 1. The van der Waals surface area contributed by atoms with Crippen LogP contribution in [0.4, 0.5) is 0 Å². The molecule has 2 heteroatoms. The predicted molar refractivity (Wildman–Crippen MR) is 76.2 cm³/mol. The lowest BCUT2D eigenvalue weighted by Gasteiger charge is -2.05. The van der Waals surface area contributed by atoms with Crippen molar-refractivity contribution < 1.29 is 4.79 Å². The molecule has 0 aliphatic carbocycles. The maximum atomic E-state index is 11.6. The summed E-state index contributed by atoms with van der Waals surface area (Å²) in [7, 11) is 0. The van der Waals surface area contributed by atoms with Crippen molar-refractivity contribution in [2.75, 3.05) is 0 Å². The van der Waals surface area contributed by atoms with Gasteiger partial charge in [0.25, 0.3) is 0 Å². The third-order valence-corrected chi connectivity index (χ3v) is 3.48. The minimum Gasteiger partial charge on any atom is -0.298 e. The standard InChI is InChI=1S/C16H29NO/c1-3-5-6-7-8-9-10-11-12-13-16(18)15(4-2)14-17/h15H,3-13H2,1-2H3. The molecular weight excluding hydrogens is 222 g/mol. The first-order valence-corrected chi connectivity index (χ1v) is 7.68. The molecule has 0 fully saturated rings. The Balaban J connectivity index is 3.30. The van der Waals surface area contributed by atoms with Gasteiger partial charge in [-0.2, -0.15) is 5.26 Å². The van der Waals surface area contributed by atoms with E-state index in [4.69, 9.17) is 5.26 Å². The number of ketones is 1. The van der Waals surface area contributed by atoms with Gasteiger partial charge in [-0.3, -0.25) is 4.79 Å². The quantitative estimate of drug-likeness (QED) is 0.457. The van der Waals surface area contributed by atoms with Crippen LogP contribution in [0.5, 0.6) is 0 Å². The molecule has 1 atom stereocenters. The SMILES string of the molecule is CCCCCCCCCCCC(=O)C(C#N)CC. The summed E-state index contributed by atoms with van der Waals surface area (Å²) in [6.07, 6.45) is 12.6. The number of hydrogen-bond donors (Lipinski definition) is 0. The van der Waals surface area contributed by atoms with Crippen molar-refractivity contribution in [3.8, 4) is 6.07 Å². The van der Waals surface area contributed by atoms with Crippen LogP contribution in [-0.4, -0.2) is 5.78 Å². The number of Topliss-reactive ketones (excluding diaryl/α,β-unsaturated/α-hetero) is 1. The molecule has 0 amide bonds. The fourth-order valence-corrected chi connectivity index (χ4v) is 2.18. The molecule has 0 radical (unpaired) electrons. The van der Waals surface area contributed by atoms with Crippen LogP contribution in [0, 0.1) is 17.2 Å². The van der Waals surface area contributed by atoms with Crippen LogP contribution in [-0.2, 0) is 4.79 Å². The van der Waals surface area contributed by atoms with Crippen molar-refractivity contribution in [3.05, 3.63) is 0 Å². The number of rotatable bonds is 12. The van der Waals surface area contributed by atoms with Gasteiger partial charge in [-0.15, -0.1) is 0 Å². The van der Waals surface area contributed by atoms with Gasteiger partial charge >= 0.3 is 0 Å². The summed E-state index contributed by atoms with van der Waals surface area (Å²) in [5, 5.41) is 8.77. The molecule has 1 unspecified atom stereocenters. The van der Waals surface area contributed by atoms with Crippen molar-refractivity contribution in [2.45, 2.75) is 84.5 Å². The molecule has 0 aliphatic rings. The number of carbonyl (C=O) groups is 1. The van der Waals surface area contributed by atoms with E-state index in [9.17, 15) is 4.79 Å². The monoisotopic (exact) mass is 251 g/mol. The average molecular weight is 251 g/mol. The highest BCUT2D eigenvalue weighted by atomic mass is 16.1. The van der Waals surface area contributed by atoms with Crippen LogP contribution in [0.3, 0.4) is 0 Å². The highest BCUT2D eigenvalue weighted by Gasteiger charge is 2.14. The minimum atomic E-state index is -0.362. The Morgan fingerprint density at radius 1 is 0.944 bits per heavy atom. The zero-order valence-corrected chi connectivity index (χ0v) is 12.2. The number of hydrogen-bond acceptors (Lipinski definition) is 2. The topological polar surface area (TPSA) is 40.9 Å². The Morgan fingerprint density at radius 2 is 1.44 bits per heavy atom.